The van der Waals surface area contributed by atoms with Crippen molar-refractivity contribution in [1.82, 2.24) is 14.5 Å². The van der Waals surface area contributed by atoms with Crippen LogP contribution < -0.4 is 4.90 Å². The molecule has 0 bridgehead atoms. The van der Waals surface area contributed by atoms with Crippen LogP contribution in [0.25, 0.3) is 73.5 Å². The minimum absolute atomic E-state index is 0.705. The van der Waals surface area contributed by atoms with Crippen LogP contribution in [0, 0.1) is 0 Å². The fraction of sp³-hybridized carbons (Fsp3) is 0. The Kier molecular flexibility index (Phi) is 7.10. The first-order valence-corrected chi connectivity index (χ1v) is 17.6. The fourth-order valence-corrected chi connectivity index (χ4v) is 7.56. The van der Waals surface area contributed by atoms with Gasteiger partial charge in [-0.05, 0) is 59.7 Å². The Bertz CT molecular complexity index is 2730. The summed E-state index contributed by atoms with van der Waals surface area (Å²) >= 11 is 0. The summed E-state index contributed by atoms with van der Waals surface area (Å²) in [6, 6.07) is 64.1. The lowest BCUT2D eigenvalue weighted by atomic mass is 10.0. The maximum Gasteiger partial charge on any atom is 0.160 e. The molecule has 0 saturated heterocycles. The normalized spacial score (nSPS) is 12.1. The Morgan fingerprint density at radius 1 is 0.404 bits per heavy atom. The minimum Gasteiger partial charge on any atom is -0.309 e. The summed E-state index contributed by atoms with van der Waals surface area (Å²) in [5.41, 5.74) is 14.0. The molecule has 1 aliphatic heterocycles. The lowest BCUT2D eigenvalue weighted by molar-refractivity contribution is 1.16. The predicted molar refractivity (Wildman–Crippen MR) is 216 cm³/mol. The maximum atomic E-state index is 5.14. The molecule has 52 heavy (non-hydrogen) atoms. The van der Waals surface area contributed by atoms with Crippen molar-refractivity contribution < 1.29 is 0 Å². The summed E-state index contributed by atoms with van der Waals surface area (Å²) in [4.78, 5) is 12.6. The summed E-state index contributed by atoms with van der Waals surface area (Å²) in [6.07, 6.45) is 4.49. The number of anilines is 3. The Morgan fingerprint density at radius 3 is 1.83 bits per heavy atom. The quantitative estimate of drug-likeness (QED) is 0.184. The van der Waals surface area contributed by atoms with Gasteiger partial charge in [0.05, 0.1) is 33.8 Å². The number of benzene rings is 7. The summed E-state index contributed by atoms with van der Waals surface area (Å²) in [7, 11) is 0. The average molecular weight is 665 g/mol. The van der Waals surface area contributed by atoms with Gasteiger partial charge in [0, 0.05) is 38.8 Å². The van der Waals surface area contributed by atoms with Crippen LogP contribution in [-0.2, 0) is 0 Å². The molecule has 0 spiro atoms. The number of rotatable bonds is 5. The largest absolute Gasteiger partial charge is 0.309 e. The monoisotopic (exact) mass is 664 g/mol. The number of hydrogen-bond acceptors (Lipinski definition) is 3. The number of aromatic nitrogens is 3. The van der Waals surface area contributed by atoms with Crippen molar-refractivity contribution in [3.8, 4) is 39.6 Å². The van der Waals surface area contributed by atoms with Crippen molar-refractivity contribution in [3.63, 3.8) is 0 Å². The molecule has 4 nitrogen and oxygen atoms in total. The second-order valence-corrected chi connectivity index (χ2v) is 13.1. The number of para-hydroxylation sites is 3. The highest BCUT2D eigenvalue weighted by Gasteiger charge is 2.26. The molecule has 0 fully saturated rings. The number of nitrogens with zero attached hydrogens (tertiary/aromatic N) is 4. The molecule has 3 heterocycles. The first-order chi connectivity index (χ1) is 25.8. The molecule has 2 aromatic heterocycles. The van der Waals surface area contributed by atoms with Gasteiger partial charge in [0.15, 0.2) is 5.82 Å². The predicted octanol–water partition coefficient (Wildman–Crippen LogP) is 12.5. The van der Waals surface area contributed by atoms with Gasteiger partial charge in [0.1, 0.15) is 0 Å². The Morgan fingerprint density at radius 2 is 1.02 bits per heavy atom. The molecule has 1 aliphatic rings. The van der Waals surface area contributed by atoms with Gasteiger partial charge in [-0.25, -0.2) is 9.97 Å². The van der Waals surface area contributed by atoms with Gasteiger partial charge in [-0.15, -0.1) is 0 Å². The molecule has 0 saturated carbocycles. The topological polar surface area (TPSA) is 34.0 Å². The molecule has 0 N–H and O–H groups in total. The molecule has 0 amide bonds. The van der Waals surface area contributed by atoms with E-state index in [9.17, 15) is 0 Å². The van der Waals surface area contributed by atoms with Gasteiger partial charge in [0.25, 0.3) is 0 Å². The molecular weight excluding hydrogens is 633 g/mol. The molecule has 7 aromatic carbocycles. The molecule has 10 rings (SSSR count). The highest BCUT2D eigenvalue weighted by molar-refractivity contribution is 6.19. The SMILES string of the molecule is C1=Cc2ccc3c(c2N(c2ccccc2)c2ccccc21)c1ccccc1n3-c1cccc(-c2cc(-c3ccccc3)nc(-c3ccccc3)n2)c1. The Labute approximate surface area is 302 Å². The fourth-order valence-electron chi connectivity index (χ4n) is 7.56. The number of hydrogen-bond donors (Lipinski definition) is 0. The first-order valence-electron chi connectivity index (χ1n) is 17.6. The van der Waals surface area contributed by atoms with E-state index in [2.05, 4.69) is 179 Å². The van der Waals surface area contributed by atoms with E-state index in [0.29, 0.717) is 5.82 Å². The molecule has 4 heteroatoms. The smallest absolute Gasteiger partial charge is 0.160 e. The molecule has 9 aromatic rings. The molecule has 0 aliphatic carbocycles. The second kappa shape index (κ2) is 12.4. The van der Waals surface area contributed by atoms with Gasteiger partial charge in [0.2, 0.25) is 0 Å². The zero-order chi connectivity index (χ0) is 34.4. The van der Waals surface area contributed by atoms with Crippen LogP contribution in [0.5, 0.6) is 0 Å². The van der Waals surface area contributed by atoms with Crippen LogP contribution in [0.1, 0.15) is 11.1 Å². The zero-order valence-electron chi connectivity index (χ0n) is 28.3. The van der Waals surface area contributed by atoms with Crippen molar-refractivity contribution >= 4 is 51.0 Å². The van der Waals surface area contributed by atoms with Crippen molar-refractivity contribution in [1.29, 1.82) is 0 Å². The van der Waals surface area contributed by atoms with E-state index in [1.807, 2.05) is 24.3 Å². The minimum atomic E-state index is 0.705. The summed E-state index contributed by atoms with van der Waals surface area (Å²) in [6.45, 7) is 0. The van der Waals surface area contributed by atoms with Crippen LogP contribution in [-0.4, -0.2) is 14.5 Å². The summed E-state index contributed by atoms with van der Waals surface area (Å²) in [5, 5.41) is 2.41. The van der Waals surface area contributed by atoms with Gasteiger partial charge >= 0.3 is 0 Å². The van der Waals surface area contributed by atoms with E-state index in [-0.39, 0.29) is 0 Å². The third-order valence-electron chi connectivity index (χ3n) is 9.93. The zero-order valence-corrected chi connectivity index (χ0v) is 28.3. The van der Waals surface area contributed by atoms with E-state index in [1.54, 1.807) is 0 Å². The molecular formula is C48H32N4. The van der Waals surface area contributed by atoms with E-state index in [0.717, 1.165) is 56.2 Å². The van der Waals surface area contributed by atoms with Crippen LogP contribution in [0.15, 0.2) is 182 Å². The molecule has 0 unspecified atom stereocenters. The maximum absolute atomic E-state index is 5.14. The van der Waals surface area contributed by atoms with E-state index < -0.39 is 0 Å². The average Bonchev–Trinajstić information content (AvgIpc) is 3.46. The van der Waals surface area contributed by atoms with E-state index in [4.69, 9.17) is 9.97 Å². The third kappa shape index (κ3) is 5.00. The van der Waals surface area contributed by atoms with Crippen LogP contribution >= 0.6 is 0 Å². The van der Waals surface area contributed by atoms with Crippen molar-refractivity contribution in [2.24, 2.45) is 0 Å². The van der Waals surface area contributed by atoms with Crippen LogP contribution in [0.2, 0.25) is 0 Å². The Balaban J connectivity index is 1.20. The standard InChI is InChI=1S/C48H32N4/c1-4-15-33(16-5-1)41-32-42(50-48(49-41)36-18-6-2-7-19-36)37-20-14-23-39(31-37)51-44-26-13-11-24-40(44)46-45(51)30-29-35-28-27-34-17-10-12-25-43(34)52(47(35)46)38-21-8-3-9-22-38/h1-32H. The molecule has 0 radical (unpaired) electrons. The van der Waals surface area contributed by atoms with Crippen LogP contribution in [0.3, 0.4) is 0 Å². The number of fused-ring (bicyclic) bond motifs is 6. The van der Waals surface area contributed by atoms with Crippen molar-refractivity contribution in [2.75, 3.05) is 4.90 Å². The van der Waals surface area contributed by atoms with Gasteiger partial charge in [-0.3, -0.25) is 0 Å². The third-order valence-corrected chi connectivity index (χ3v) is 9.93. The highest BCUT2D eigenvalue weighted by atomic mass is 15.2. The van der Waals surface area contributed by atoms with Crippen LogP contribution in [0.4, 0.5) is 17.1 Å². The molecule has 0 atom stereocenters. The van der Waals surface area contributed by atoms with Gasteiger partial charge in [-0.2, -0.15) is 0 Å². The van der Waals surface area contributed by atoms with Crippen molar-refractivity contribution in [3.05, 3.63) is 193 Å². The van der Waals surface area contributed by atoms with Gasteiger partial charge < -0.3 is 9.47 Å². The Hall–Kier alpha value is -7.04. The molecule has 244 valence electrons. The lowest BCUT2D eigenvalue weighted by Gasteiger charge is -2.28. The summed E-state index contributed by atoms with van der Waals surface area (Å²) < 4.78 is 2.40. The van der Waals surface area contributed by atoms with Crippen molar-refractivity contribution in [2.45, 2.75) is 0 Å². The van der Waals surface area contributed by atoms with Gasteiger partial charge in [-0.1, -0.05) is 146 Å². The van der Waals surface area contributed by atoms with E-state index >= 15 is 0 Å². The second-order valence-electron chi connectivity index (χ2n) is 13.1. The lowest BCUT2D eigenvalue weighted by Crippen LogP contribution is -2.12. The highest BCUT2D eigenvalue weighted by Crippen LogP contribution is 2.48. The summed E-state index contributed by atoms with van der Waals surface area (Å²) in [5.74, 6) is 0.705. The van der Waals surface area contributed by atoms with E-state index in [1.165, 1.54) is 27.6 Å². The first kappa shape index (κ1) is 29.8.